The molecule has 1 amide bonds. The number of pyridine rings is 1. The molecule has 1 N–H and O–H groups in total. The molecule has 5 heteroatoms. The number of hydrogen-bond donors (Lipinski definition) is 1. The minimum Gasteiger partial charge on any atom is -0.335 e. The predicted molar refractivity (Wildman–Crippen MR) is 73.9 cm³/mol. The molecular formula is C15H15FN2O2. The lowest BCUT2D eigenvalue weighted by Gasteiger charge is -2.21. The number of amides is 1. The topological polar surface area (TPSA) is 53.2 Å². The van der Waals surface area contributed by atoms with Gasteiger partial charge in [-0.15, -0.1) is 0 Å². The summed E-state index contributed by atoms with van der Waals surface area (Å²) in [6.07, 6.45) is 1.44. The lowest BCUT2D eigenvalue weighted by Crippen LogP contribution is -2.31. The van der Waals surface area contributed by atoms with Gasteiger partial charge in [-0.25, -0.2) is 4.39 Å². The van der Waals surface area contributed by atoms with Crippen molar-refractivity contribution in [3.05, 3.63) is 69.9 Å². The number of carbonyl (C=O) groups is 1. The third kappa shape index (κ3) is 3.32. The van der Waals surface area contributed by atoms with E-state index < -0.39 is 0 Å². The van der Waals surface area contributed by atoms with Crippen molar-refractivity contribution in [1.82, 2.24) is 9.88 Å². The zero-order valence-corrected chi connectivity index (χ0v) is 11.1. The number of nitrogens with zero attached hydrogens (tertiary/aromatic N) is 1. The number of benzene rings is 1. The Balaban J connectivity index is 2.20. The maximum Gasteiger partial charge on any atom is 0.254 e. The number of hydrogen-bond acceptors (Lipinski definition) is 2. The molecule has 104 valence electrons. The Bertz CT molecular complexity index is 667. The zero-order chi connectivity index (χ0) is 14.5. The second-order valence-corrected chi connectivity index (χ2v) is 4.39. The van der Waals surface area contributed by atoms with Crippen molar-refractivity contribution < 1.29 is 9.18 Å². The first-order valence-electron chi connectivity index (χ1n) is 6.32. The maximum absolute atomic E-state index is 13.1. The molecule has 0 fully saturated rings. The molecule has 0 spiro atoms. The van der Waals surface area contributed by atoms with Crippen LogP contribution in [0.3, 0.4) is 0 Å². The van der Waals surface area contributed by atoms with Crippen LogP contribution in [0.4, 0.5) is 4.39 Å². The molecule has 0 saturated heterocycles. The Morgan fingerprint density at radius 3 is 2.75 bits per heavy atom. The van der Waals surface area contributed by atoms with Crippen LogP contribution in [0.1, 0.15) is 22.8 Å². The highest BCUT2D eigenvalue weighted by molar-refractivity contribution is 5.94. The third-order valence-corrected chi connectivity index (χ3v) is 2.95. The van der Waals surface area contributed by atoms with Gasteiger partial charge in [0, 0.05) is 30.9 Å². The molecule has 0 aliphatic heterocycles. The van der Waals surface area contributed by atoms with E-state index in [1.54, 1.807) is 23.1 Å². The molecule has 20 heavy (non-hydrogen) atoms. The van der Waals surface area contributed by atoms with Crippen molar-refractivity contribution in [2.75, 3.05) is 6.54 Å². The number of rotatable bonds is 4. The van der Waals surface area contributed by atoms with Crippen molar-refractivity contribution in [3.63, 3.8) is 0 Å². The zero-order valence-electron chi connectivity index (χ0n) is 11.1. The molecule has 0 saturated carbocycles. The molecule has 1 aromatic heterocycles. The first-order chi connectivity index (χ1) is 9.60. The summed E-state index contributed by atoms with van der Waals surface area (Å²) in [6.45, 7) is 2.62. The third-order valence-electron chi connectivity index (χ3n) is 2.95. The van der Waals surface area contributed by atoms with E-state index in [9.17, 15) is 14.0 Å². The number of aromatic nitrogens is 1. The molecule has 4 nitrogen and oxygen atoms in total. The van der Waals surface area contributed by atoms with Crippen LogP contribution in [0.15, 0.2) is 47.4 Å². The minimum absolute atomic E-state index is 0.247. The largest absolute Gasteiger partial charge is 0.335 e. The van der Waals surface area contributed by atoms with Crippen LogP contribution in [0.25, 0.3) is 0 Å². The molecule has 1 heterocycles. The van der Waals surface area contributed by atoms with Gasteiger partial charge in [0.2, 0.25) is 5.56 Å². The average Bonchev–Trinajstić information content (AvgIpc) is 2.44. The summed E-state index contributed by atoms with van der Waals surface area (Å²) in [5, 5.41) is 0. The van der Waals surface area contributed by atoms with E-state index in [4.69, 9.17) is 0 Å². The highest BCUT2D eigenvalue weighted by Crippen LogP contribution is 2.10. The van der Waals surface area contributed by atoms with Gasteiger partial charge < -0.3 is 9.88 Å². The Labute approximate surface area is 115 Å². The van der Waals surface area contributed by atoms with E-state index >= 15 is 0 Å². The fourth-order valence-electron chi connectivity index (χ4n) is 1.94. The predicted octanol–water partition coefficient (Wildman–Crippen LogP) is 2.18. The van der Waals surface area contributed by atoms with Crippen molar-refractivity contribution in [3.8, 4) is 0 Å². The van der Waals surface area contributed by atoms with E-state index in [0.717, 1.165) is 0 Å². The summed E-state index contributed by atoms with van der Waals surface area (Å²) in [5.41, 5.74) is 0.717. The normalized spacial score (nSPS) is 10.3. The number of nitrogens with one attached hydrogen (secondary N) is 1. The lowest BCUT2D eigenvalue weighted by molar-refractivity contribution is 0.0752. The van der Waals surface area contributed by atoms with Gasteiger partial charge in [0.1, 0.15) is 5.82 Å². The van der Waals surface area contributed by atoms with Gasteiger partial charge in [-0.2, -0.15) is 0 Å². The summed E-state index contributed by atoms with van der Waals surface area (Å²) in [4.78, 5) is 27.6. The molecule has 1 aromatic carbocycles. The monoisotopic (exact) mass is 274 g/mol. The van der Waals surface area contributed by atoms with E-state index in [-0.39, 0.29) is 17.3 Å². The van der Waals surface area contributed by atoms with Crippen molar-refractivity contribution in [2.24, 2.45) is 0 Å². The van der Waals surface area contributed by atoms with Crippen LogP contribution in [0.2, 0.25) is 0 Å². The molecule has 2 rings (SSSR count). The average molecular weight is 274 g/mol. The van der Waals surface area contributed by atoms with Gasteiger partial charge in [-0.05, 0) is 30.7 Å². The van der Waals surface area contributed by atoms with Crippen molar-refractivity contribution in [1.29, 1.82) is 0 Å². The summed E-state index contributed by atoms with van der Waals surface area (Å²) in [6, 6.07) is 8.94. The Morgan fingerprint density at radius 2 is 2.10 bits per heavy atom. The number of aromatic amines is 1. The fraction of sp³-hybridized carbons (Fsp3) is 0.200. The van der Waals surface area contributed by atoms with Gasteiger partial charge in [0.25, 0.3) is 5.91 Å². The van der Waals surface area contributed by atoms with Crippen LogP contribution >= 0.6 is 0 Å². The molecule has 0 unspecified atom stereocenters. The highest BCUT2D eigenvalue weighted by Gasteiger charge is 2.15. The molecule has 0 aliphatic rings. The van der Waals surface area contributed by atoms with E-state index in [1.807, 2.05) is 6.92 Å². The Morgan fingerprint density at radius 1 is 1.30 bits per heavy atom. The Kier molecular flexibility index (Phi) is 4.30. The lowest BCUT2D eigenvalue weighted by atomic mass is 10.1. The maximum atomic E-state index is 13.1. The van der Waals surface area contributed by atoms with Crippen LogP contribution in [0.5, 0.6) is 0 Å². The quantitative estimate of drug-likeness (QED) is 0.929. The van der Waals surface area contributed by atoms with Crippen LogP contribution in [0, 0.1) is 5.82 Å². The number of carbonyl (C=O) groups excluding carboxylic acids is 1. The molecule has 0 atom stereocenters. The molecular weight excluding hydrogens is 259 g/mol. The van der Waals surface area contributed by atoms with Gasteiger partial charge >= 0.3 is 0 Å². The number of halogens is 1. The SMILES string of the molecule is CCN(Cc1cccc(F)c1)C(=O)c1cc[nH]c(=O)c1. The van der Waals surface area contributed by atoms with Crippen molar-refractivity contribution in [2.45, 2.75) is 13.5 Å². The summed E-state index contributed by atoms with van der Waals surface area (Å²) < 4.78 is 13.1. The molecule has 0 bridgehead atoms. The fourth-order valence-corrected chi connectivity index (χ4v) is 1.94. The van der Waals surface area contributed by atoms with Crippen LogP contribution in [-0.2, 0) is 6.54 Å². The standard InChI is InChI=1S/C15H15FN2O2/c1-2-18(10-11-4-3-5-13(16)8-11)15(20)12-6-7-17-14(19)9-12/h3-9H,2,10H2,1H3,(H,17,19). The number of H-pyrrole nitrogens is 1. The summed E-state index contributed by atoms with van der Waals surface area (Å²) >= 11 is 0. The van der Waals surface area contributed by atoms with Crippen LogP contribution in [-0.4, -0.2) is 22.3 Å². The summed E-state index contributed by atoms with van der Waals surface area (Å²) in [7, 11) is 0. The van der Waals surface area contributed by atoms with E-state index in [1.165, 1.54) is 24.4 Å². The van der Waals surface area contributed by atoms with E-state index in [2.05, 4.69) is 4.98 Å². The van der Waals surface area contributed by atoms with E-state index in [0.29, 0.717) is 24.2 Å². The highest BCUT2D eigenvalue weighted by atomic mass is 19.1. The van der Waals surface area contributed by atoms with Crippen LogP contribution < -0.4 is 5.56 Å². The molecule has 2 aromatic rings. The second-order valence-electron chi connectivity index (χ2n) is 4.39. The van der Waals surface area contributed by atoms with Gasteiger partial charge in [-0.3, -0.25) is 9.59 Å². The minimum atomic E-state index is -0.331. The first kappa shape index (κ1) is 14.0. The van der Waals surface area contributed by atoms with Gasteiger partial charge in [-0.1, -0.05) is 12.1 Å². The van der Waals surface area contributed by atoms with Crippen molar-refractivity contribution >= 4 is 5.91 Å². The summed E-state index contributed by atoms with van der Waals surface area (Å²) in [5.74, 6) is -0.579. The van der Waals surface area contributed by atoms with Gasteiger partial charge in [0.15, 0.2) is 0 Å². The second kappa shape index (κ2) is 6.14. The smallest absolute Gasteiger partial charge is 0.254 e. The molecule has 0 aliphatic carbocycles. The van der Waals surface area contributed by atoms with Gasteiger partial charge in [0.05, 0.1) is 0 Å². The first-order valence-corrected chi connectivity index (χ1v) is 6.32. The Hall–Kier alpha value is -2.43. The molecule has 0 radical (unpaired) electrons.